The fourth-order valence-electron chi connectivity index (χ4n) is 3.72. The molecule has 3 saturated heterocycles. The lowest BCUT2D eigenvalue weighted by Gasteiger charge is -2.46. The van der Waals surface area contributed by atoms with E-state index in [0.29, 0.717) is 6.04 Å². The first-order valence-corrected chi connectivity index (χ1v) is 8.79. The van der Waals surface area contributed by atoms with Crippen LogP contribution in [0, 0.1) is 0 Å². The van der Waals surface area contributed by atoms with E-state index >= 15 is 0 Å². The normalized spacial score (nSPS) is 39.0. The van der Waals surface area contributed by atoms with Gasteiger partial charge in [0.25, 0.3) is 0 Å². The van der Waals surface area contributed by atoms with Crippen molar-refractivity contribution in [3.8, 4) is 0 Å². The highest BCUT2D eigenvalue weighted by Crippen LogP contribution is 2.40. The van der Waals surface area contributed by atoms with Gasteiger partial charge in [0.15, 0.2) is 0 Å². The van der Waals surface area contributed by atoms with Crippen LogP contribution in [0.3, 0.4) is 0 Å². The van der Waals surface area contributed by atoms with Crippen LogP contribution in [0.5, 0.6) is 0 Å². The molecule has 114 valence electrons. The molecule has 1 amide bonds. The van der Waals surface area contributed by atoms with E-state index in [-0.39, 0.29) is 17.6 Å². The Kier molecular flexibility index (Phi) is 4.55. The van der Waals surface area contributed by atoms with Crippen LogP contribution >= 0.6 is 11.8 Å². The molecule has 3 heterocycles. The summed E-state index contributed by atoms with van der Waals surface area (Å²) in [5.41, 5.74) is 0.0890. The lowest BCUT2D eigenvalue weighted by molar-refractivity contribution is -0.133. The molecule has 20 heavy (non-hydrogen) atoms. The van der Waals surface area contributed by atoms with Crippen LogP contribution in [-0.4, -0.2) is 73.3 Å². The van der Waals surface area contributed by atoms with Crippen LogP contribution in [0.25, 0.3) is 0 Å². The van der Waals surface area contributed by atoms with Crippen molar-refractivity contribution in [3.05, 3.63) is 0 Å². The average molecular weight is 299 g/mol. The van der Waals surface area contributed by atoms with Gasteiger partial charge in [0.1, 0.15) is 6.04 Å². The second kappa shape index (κ2) is 6.22. The van der Waals surface area contributed by atoms with Crippen LogP contribution in [0.1, 0.15) is 19.3 Å². The fraction of sp³-hybridized carbons (Fsp3) is 0.929. The number of rotatable bonds is 2. The van der Waals surface area contributed by atoms with Gasteiger partial charge in [0.05, 0.1) is 5.60 Å². The van der Waals surface area contributed by atoms with E-state index in [9.17, 15) is 4.79 Å². The molecule has 0 bridgehead atoms. The van der Waals surface area contributed by atoms with Crippen molar-refractivity contribution in [2.24, 2.45) is 0 Å². The maximum absolute atomic E-state index is 12.1. The summed E-state index contributed by atoms with van der Waals surface area (Å²) in [4.78, 5) is 14.5. The Morgan fingerprint density at radius 3 is 3.20 bits per heavy atom. The maximum atomic E-state index is 12.1. The van der Waals surface area contributed by atoms with Crippen LogP contribution in [0.15, 0.2) is 0 Å². The Bertz CT molecular complexity index is 360. The molecule has 3 fully saturated rings. The number of hydrogen-bond donors (Lipinski definition) is 2. The van der Waals surface area contributed by atoms with Gasteiger partial charge in [-0.2, -0.15) is 11.8 Å². The molecule has 0 aromatic rings. The predicted molar refractivity (Wildman–Crippen MR) is 81.1 cm³/mol. The van der Waals surface area contributed by atoms with E-state index in [1.54, 1.807) is 7.05 Å². The molecule has 0 radical (unpaired) electrons. The second-order valence-electron chi connectivity index (χ2n) is 6.05. The zero-order valence-corrected chi connectivity index (χ0v) is 13.0. The number of carbonyl (C=O) groups is 1. The highest BCUT2D eigenvalue weighted by Gasteiger charge is 2.44. The summed E-state index contributed by atoms with van der Waals surface area (Å²) in [6.07, 6.45) is 3.32. The first-order chi connectivity index (χ1) is 9.74. The van der Waals surface area contributed by atoms with E-state index in [2.05, 4.69) is 15.5 Å². The molecule has 0 saturated carbocycles. The number of carbonyl (C=O) groups excluding carboxylic acids is 1. The fourth-order valence-corrected chi connectivity index (χ4v) is 5.09. The Hall–Kier alpha value is -0.300. The third-order valence-corrected chi connectivity index (χ3v) is 6.06. The molecule has 3 unspecified atom stereocenters. The first-order valence-electron chi connectivity index (χ1n) is 7.64. The van der Waals surface area contributed by atoms with Gasteiger partial charge in [-0.25, -0.2) is 0 Å². The number of ether oxygens (including phenoxy) is 1. The average Bonchev–Trinajstić information content (AvgIpc) is 2.94. The summed E-state index contributed by atoms with van der Waals surface area (Å²) >= 11 is 2.00. The van der Waals surface area contributed by atoms with Crippen molar-refractivity contribution in [2.75, 3.05) is 44.8 Å². The minimum Gasteiger partial charge on any atom is -0.374 e. The van der Waals surface area contributed by atoms with E-state index in [0.717, 1.165) is 44.8 Å². The Morgan fingerprint density at radius 2 is 2.45 bits per heavy atom. The van der Waals surface area contributed by atoms with Crippen molar-refractivity contribution < 1.29 is 9.53 Å². The summed E-state index contributed by atoms with van der Waals surface area (Å²) in [5, 5.41) is 6.15. The van der Waals surface area contributed by atoms with Gasteiger partial charge >= 0.3 is 0 Å². The predicted octanol–water partition coefficient (Wildman–Crippen LogP) is 0.0609. The first kappa shape index (κ1) is 14.6. The number of piperazine rings is 1. The lowest BCUT2D eigenvalue weighted by atomic mass is 9.88. The van der Waals surface area contributed by atoms with E-state index < -0.39 is 0 Å². The molecule has 6 heteroatoms. The SMILES string of the molecule is CNC(=O)C1CNCCN1C1CCOC2(CCSC2)C1. The highest BCUT2D eigenvalue weighted by molar-refractivity contribution is 7.99. The number of amides is 1. The maximum Gasteiger partial charge on any atom is 0.238 e. The van der Waals surface area contributed by atoms with Gasteiger partial charge in [-0.3, -0.25) is 9.69 Å². The molecule has 2 N–H and O–H groups in total. The van der Waals surface area contributed by atoms with Gasteiger partial charge in [-0.1, -0.05) is 0 Å². The molecule has 3 aliphatic rings. The van der Waals surface area contributed by atoms with Gasteiger partial charge in [0, 0.05) is 45.1 Å². The minimum atomic E-state index is -0.0250. The molecule has 3 rings (SSSR count). The molecule has 0 aliphatic carbocycles. The Morgan fingerprint density at radius 1 is 1.55 bits per heavy atom. The Labute approximate surface area is 125 Å². The van der Waals surface area contributed by atoms with Crippen molar-refractivity contribution in [1.82, 2.24) is 15.5 Å². The molecule has 0 aromatic heterocycles. The third-order valence-electron chi connectivity index (χ3n) is 4.84. The summed E-state index contributed by atoms with van der Waals surface area (Å²) in [6, 6.07) is 0.467. The van der Waals surface area contributed by atoms with E-state index in [1.807, 2.05) is 11.8 Å². The van der Waals surface area contributed by atoms with Crippen LogP contribution in [0.4, 0.5) is 0 Å². The van der Waals surface area contributed by atoms with Gasteiger partial charge < -0.3 is 15.4 Å². The third kappa shape index (κ3) is 2.84. The summed E-state index contributed by atoms with van der Waals surface area (Å²) < 4.78 is 6.11. The molecular weight excluding hydrogens is 274 g/mol. The highest BCUT2D eigenvalue weighted by atomic mass is 32.2. The number of hydrogen-bond acceptors (Lipinski definition) is 5. The van der Waals surface area contributed by atoms with Crippen molar-refractivity contribution in [1.29, 1.82) is 0 Å². The van der Waals surface area contributed by atoms with Crippen LogP contribution < -0.4 is 10.6 Å². The zero-order chi connectivity index (χ0) is 14.0. The van der Waals surface area contributed by atoms with Crippen molar-refractivity contribution in [2.45, 2.75) is 36.9 Å². The molecule has 1 spiro atoms. The summed E-state index contributed by atoms with van der Waals surface area (Å²) in [6.45, 7) is 3.55. The molecular formula is C14H25N3O2S. The number of likely N-dealkylation sites (N-methyl/N-ethyl adjacent to an activating group) is 1. The number of thioether (sulfide) groups is 1. The van der Waals surface area contributed by atoms with Crippen molar-refractivity contribution in [3.63, 3.8) is 0 Å². The summed E-state index contributed by atoms with van der Waals surface area (Å²) in [5.74, 6) is 2.48. The van der Waals surface area contributed by atoms with E-state index in [4.69, 9.17) is 4.74 Å². The largest absolute Gasteiger partial charge is 0.374 e. The monoisotopic (exact) mass is 299 g/mol. The van der Waals surface area contributed by atoms with Crippen LogP contribution in [-0.2, 0) is 9.53 Å². The van der Waals surface area contributed by atoms with E-state index in [1.165, 1.54) is 12.2 Å². The topological polar surface area (TPSA) is 53.6 Å². The zero-order valence-electron chi connectivity index (χ0n) is 12.2. The lowest BCUT2D eigenvalue weighted by Crippen LogP contribution is -2.62. The minimum absolute atomic E-state index is 0.0250. The molecule has 0 aromatic carbocycles. The molecule has 3 atom stereocenters. The van der Waals surface area contributed by atoms with Gasteiger partial charge in [0.2, 0.25) is 5.91 Å². The Balaban J connectivity index is 1.70. The van der Waals surface area contributed by atoms with Crippen molar-refractivity contribution >= 4 is 17.7 Å². The van der Waals surface area contributed by atoms with Crippen LogP contribution in [0.2, 0.25) is 0 Å². The number of nitrogens with zero attached hydrogens (tertiary/aromatic N) is 1. The quantitative estimate of drug-likeness (QED) is 0.755. The summed E-state index contributed by atoms with van der Waals surface area (Å²) in [7, 11) is 1.73. The standard InChI is InChI=1S/C14H25N3O2S/c1-15-13(18)12-9-16-4-5-17(12)11-2-6-19-14(8-11)3-7-20-10-14/h11-12,16H,2-10H2,1H3,(H,15,18). The van der Waals surface area contributed by atoms with Gasteiger partial charge in [-0.05, 0) is 25.0 Å². The van der Waals surface area contributed by atoms with Gasteiger partial charge in [-0.15, -0.1) is 0 Å². The smallest absolute Gasteiger partial charge is 0.238 e. The number of nitrogens with one attached hydrogen (secondary N) is 2. The molecule has 5 nitrogen and oxygen atoms in total. The second-order valence-corrected chi connectivity index (χ2v) is 7.16. The molecule has 3 aliphatic heterocycles.